The molecule has 13 heavy (non-hydrogen) atoms. The van der Waals surface area contributed by atoms with Gasteiger partial charge in [0.2, 0.25) is 0 Å². The van der Waals surface area contributed by atoms with Crippen molar-refractivity contribution in [1.82, 2.24) is 0 Å². The highest BCUT2D eigenvalue weighted by molar-refractivity contribution is 7.99. The Balaban J connectivity index is 3.68. The highest BCUT2D eigenvalue weighted by Crippen LogP contribution is 2.26. The van der Waals surface area contributed by atoms with Crippen LogP contribution in [0.1, 0.15) is 47.5 Å². The summed E-state index contributed by atoms with van der Waals surface area (Å²) in [7, 11) is 0. The van der Waals surface area contributed by atoms with Crippen LogP contribution in [0.15, 0.2) is 0 Å². The monoisotopic (exact) mass is 204 g/mol. The van der Waals surface area contributed by atoms with E-state index in [0.29, 0.717) is 4.75 Å². The van der Waals surface area contributed by atoms with E-state index in [0.717, 1.165) is 19.4 Å². The minimum atomic E-state index is 0.0501. The van der Waals surface area contributed by atoms with Crippen molar-refractivity contribution in [3.05, 3.63) is 0 Å². The zero-order chi connectivity index (χ0) is 10.5. The van der Waals surface area contributed by atoms with Crippen molar-refractivity contribution in [2.45, 2.75) is 57.8 Å². The molecule has 0 atom stereocenters. The van der Waals surface area contributed by atoms with E-state index in [9.17, 15) is 0 Å². The average molecular weight is 204 g/mol. The number of rotatable bonds is 6. The van der Waals surface area contributed by atoms with Crippen LogP contribution in [0.5, 0.6) is 0 Å². The van der Waals surface area contributed by atoms with Gasteiger partial charge < -0.3 is 4.74 Å². The zero-order valence-corrected chi connectivity index (χ0v) is 10.8. The molecule has 0 rings (SSSR count). The lowest BCUT2D eigenvalue weighted by Gasteiger charge is -2.27. The molecule has 0 radical (unpaired) electrons. The van der Waals surface area contributed by atoms with Crippen LogP contribution in [0.3, 0.4) is 0 Å². The van der Waals surface area contributed by atoms with E-state index in [2.05, 4.69) is 40.9 Å². The van der Waals surface area contributed by atoms with Crippen molar-refractivity contribution >= 4 is 11.8 Å². The zero-order valence-electron chi connectivity index (χ0n) is 9.94. The van der Waals surface area contributed by atoms with Crippen LogP contribution in [0.25, 0.3) is 0 Å². The number of hydrogen-bond acceptors (Lipinski definition) is 2. The molecule has 0 aliphatic carbocycles. The summed E-state index contributed by atoms with van der Waals surface area (Å²) in [6.07, 6.45) is 4.36. The molecule has 0 aliphatic heterocycles. The van der Waals surface area contributed by atoms with Gasteiger partial charge in [0.25, 0.3) is 0 Å². The Morgan fingerprint density at radius 1 is 1.15 bits per heavy atom. The number of thioether (sulfide) groups is 1. The second kappa shape index (κ2) is 5.26. The Morgan fingerprint density at radius 3 is 2.08 bits per heavy atom. The Kier molecular flexibility index (Phi) is 5.38. The van der Waals surface area contributed by atoms with Crippen LogP contribution < -0.4 is 0 Å². The van der Waals surface area contributed by atoms with Crippen LogP contribution in [0, 0.1) is 0 Å². The van der Waals surface area contributed by atoms with Crippen LogP contribution >= 0.6 is 11.8 Å². The molecular weight excluding hydrogens is 180 g/mol. The lowest BCUT2D eigenvalue weighted by molar-refractivity contribution is -0.0230. The van der Waals surface area contributed by atoms with Crippen molar-refractivity contribution in [2.24, 2.45) is 0 Å². The maximum absolute atomic E-state index is 5.80. The Bertz CT molecular complexity index is 125. The van der Waals surface area contributed by atoms with Gasteiger partial charge in [0.05, 0.1) is 5.60 Å². The summed E-state index contributed by atoms with van der Waals surface area (Å²) in [4.78, 5) is 0. The second-order valence-electron chi connectivity index (χ2n) is 4.68. The van der Waals surface area contributed by atoms with Gasteiger partial charge in [-0.2, -0.15) is 11.8 Å². The molecule has 0 N–H and O–H groups in total. The summed E-state index contributed by atoms with van der Waals surface area (Å²) in [6, 6.07) is 0. The van der Waals surface area contributed by atoms with Gasteiger partial charge in [-0.25, -0.2) is 0 Å². The Labute approximate surface area is 87.6 Å². The molecule has 0 bridgehead atoms. The van der Waals surface area contributed by atoms with Gasteiger partial charge in [-0.15, -0.1) is 0 Å². The molecule has 1 nitrogen and oxygen atoms in total. The highest BCUT2D eigenvalue weighted by Gasteiger charge is 2.19. The average Bonchev–Trinajstić information content (AvgIpc) is 2.04. The van der Waals surface area contributed by atoms with Gasteiger partial charge in [-0.1, -0.05) is 20.8 Å². The first-order valence-corrected chi connectivity index (χ1v) is 6.24. The summed E-state index contributed by atoms with van der Waals surface area (Å²) in [5.74, 6) is 0. The van der Waals surface area contributed by atoms with Gasteiger partial charge in [0.15, 0.2) is 0 Å². The van der Waals surface area contributed by atoms with Gasteiger partial charge in [0, 0.05) is 11.4 Å². The van der Waals surface area contributed by atoms with Crippen molar-refractivity contribution in [3.63, 3.8) is 0 Å². The SMILES string of the molecule is CCC(C)(C)OCCC(C)(C)SC. The van der Waals surface area contributed by atoms with Crippen molar-refractivity contribution in [3.8, 4) is 0 Å². The first-order valence-electron chi connectivity index (χ1n) is 5.02. The Hall–Kier alpha value is 0.310. The van der Waals surface area contributed by atoms with Crippen molar-refractivity contribution < 1.29 is 4.74 Å². The predicted octanol–water partition coefficient (Wildman–Crippen LogP) is 3.72. The van der Waals surface area contributed by atoms with Crippen LogP contribution in [-0.2, 0) is 4.74 Å². The van der Waals surface area contributed by atoms with E-state index in [4.69, 9.17) is 4.74 Å². The molecule has 0 aliphatic rings. The fraction of sp³-hybridized carbons (Fsp3) is 1.00. The molecule has 0 aromatic heterocycles. The summed E-state index contributed by atoms with van der Waals surface area (Å²) in [5.41, 5.74) is 0.0501. The van der Waals surface area contributed by atoms with Crippen LogP contribution in [0.4, 0.5) is 0 Å². The number of hydrogen-bond donors (Lipinski definition) is 0. The van der Waals surface area contributed by atoms with E-state index < -0.39 is 0 Å². The number of ether oxygens (including phenoxy) is 1. The quantitative estimate of drug-likeness (QED) is 0.652. The van der Waals surface area contributed by atoms with Gasteiger partial charge in [-0.3, -0.25) is 0 Å². The van der Waals surface area contributed by atoms with E-state index in [1.165, 1.54) is 0 Å². The minimum Gasteiger partial charge on any atom is -0.376 e. The maximum atomic E-state index is 5.80. The lowest BCUT2D eigenvalue weighted by atomic mass is 10.1. The normalized spacial score (nSPS) is 13.4. The fourth-order valence-electron chi connectivity index (χ4n) is 0.777. The van der Waals surface area contributed by atoms with Crippen molar-refractivity contribution in [1.29, 1.82) is 0 Å². The molecule has 0 amide bonds. The van der Waals surface area contributed by atoms with E-state index >= 15 is 0 Å². The third kappa shape index (κ3) is 6.39. The molecule has 0 spiro atoms. The maximum Gasteiger partial charge on any atom is 0.0623 e. The minimum absolute atomic E-state index is 0.0501. The predicted molar refractivity (Wildman–Crippen MR) is 62.5 cm³/mol. The second-order valence-corrected chi connectivity index (χ2v) is 6.19. The summed E-state index contributed by atoms with van der Waals surface area (Å²) in [5, 5.41) is 0. The van der Waals surface area contributed by atoms with Gasteiger partial charge in [0.1, 0.15) is 0 Å². The third-order valence-corrected chi connectivity index (χ3v) is 3.91. The largest absolute Gasteiger partial charge is 0.376 e. The van der Waals surface area contributed by atoms with E-state index in [1.807, 2.05) is 11.8 Å². The van der Waals surface area contributed by atoms with Crippen LogP contribution in [-0.4, -0.2) is 23.2 Å². The van der Waals surface area contributed by atoms with E-state index in [-0.39, 0.29) is 5.60 Å². The highest BCUT2D eigenvalue weighted by atomic mass is 32.2. The van der Waals surface area contributed by atoms with Gasteiger partial charge >= 0.3 is 0 Å². The topological polar surface area (TPSA) is 9.23 Å². The molecule has 80 valence electrons. The summed E-state index contributed by atoms with van der Waals surface area (Å²) >= 11 is 1.91. The molecule has 2 heteroatoms. The smallest absolute Gasteiger partial charge is 0.0623 e. The molecule has 0 unspecified atom stereocenters. The fourth-order valence-corrected chi connectivity index (χ4v) is 1.06. The summed E-state index contributed by atoms with van der Waals surface area (Å²) < 4.78 is 6.15. The standard InChI is InChI=1S/C11H24OS/c1-7-10(2,3)12-9-8-11(4,5)13-6/h7-9H2,1-6H3. The first kappa shape index (κ1) is 13.3. The molecule has 0 aromatic carbocycles. The molecular formula is C11H24OS. The molecule has 0 heterocycles. The van der Waals surface area contributed by atoms with Crippen molar-refractivity contribution in [2.75, 3.05) is 12.9 Å². The van der Waals surface area contributed by atoms with Crippen LogP contribution in [0.2, 0.25) is 0 Å². The first-order chi connectivity index (χ1) is 5.83. The molecule has 0 saturated heterocycles. The third-order valence-electron chi connectivity index (χ3n) is 2.60. The molecule has 0 fully saturated rings. The van der Waals surface area contributed by atoms with Gasteiger partial charge in [-0.05, 0) is 32.9 Å². The van der Waals surface area contributed by atoms with E-state index in [1.54, 1.807) is 0 Å². The lowest BCUT2D eigenvalue weighted by Crippen LogP contribution is -2.26. The summed E-state index contributed by atoms with van der Waals surface area (Å²) in [6.45, 7) is 11.9. The molecule has 0 saturated carbocycles. The Morgan fingerprint density at radius 2 is 1.69 bits per heavy atom. The molecule has 0 aromatic rings.